The lowest BCUT2D eigenvalue weighted by atomic mass is 9.71. The highest BCUT2D eigenvalue weighted by atomic mass is 32.2. The number of benzene rings is 11. The molecule has 12 aromatic rings. The smallest absolute Gasteiger partial charge is 0.182 e. The summed E-state index contributed by atoms with van der Waals surface area (Å²) in [6.07, 6.45) is 6.50. The van der Waals surface area contributed by atoms with Gasteiger partial charge in [0.15, 0.2) is 9.84 Å². The third-order valence-corrected chi connectivity index (χ3v) is 28.5. The Balaban J connectivity index is 0.000000122. The number of thioether (sulfide) groups is 1. The first-order valence-corrected chi connectivity index (χ1v) is 46.2. The van der Waals surface area contributed by atoms with Crippen molar-refractivity contribution in [1.29, 1.82) is 0 Å². The van der Waals surface area contributed by atoms with Crippen LogP contribution in [0, 0.1) is 32.5 Å². The van der Waals surface area contributed by atoms with Gasteiger partial charge in [-0.15, -0.1) is 11.8 Å². The number of fused-ring (bicyclic) bond motifs is 12. The zero-order valence-electron chi connectivity index (χ0n) is 72.6. The lowest BCUT2D eigenvalue weighted by Gasteiger charge is -2.33. The zero-order chi connectivity index (χ0) is 83.4. The molecule has 6 atom stereocenters. The molecule has 0 radical (unpaired) electrons. The normalized spacial score (nSPS) is 18.8. The van der Waals surface area contributed by atoms with Gasteiger partial charge in [0.25, 0.3) is 0 Å². The summed E-state index contributed by atoms with van der Waals surface area (Å²) in [6.45, 7) is 41.9. The molecule has 0 amide bonds. The molecule has 117 heavy (non-hydrogen) atoms. The van der Waals surface area contributed by atoms with E-state index in [1.54, 1.807) is 6.07 Å². The van der Waals surface area contributed by atoms with Gasteiger partial charge in [-0.1, -0.05) is 373 Å². The molecule has 6 unspecified atom stereocenters. The minimum Gasteiger partial charge on any atom is -0.489 e. The Kier molecular flexibility index (Phi) is 25.9. The number of sulfone groups is 1. The van der Waals surface area contributed by atoms with Crippen molar-refractivity contribution in [1.82, 2.24) is 4.98 Å². The first-order valence-electron chi connectivity index (χ1n) is 42.3. The van der Waals surface area contributed by atoms with Crippen LogP contribution in [0.15, 0.2) is 300 Å². The zero-order valence-corrected chi connectivity index (χ0v) is 75.0. The summed E-state index contributed by atoms with van der Waals surface area (Å²) >= 11 is 1.97. The van der Waals surface area contributed by atoms with Crippen molar-refractivity contribution in [2.75, 3.05) is 0 Å². The van der Waals surface area contributed by atoms with Gasteiger partial charge in [0.1, 0.15) is 12.4 Å². The third-order valence-electron chi connectivity index (χ3n) is 24.2. The number of hydrogen-bond donors (Lipinski definition) is 0. The van der Waals surface area contributed by atoms with E-state index < -0.39 is 20.6 Å². The molecule has 8 heteroatoms. The van der Waals surface area contributed by atoms with Gasteiger partial charge in [-0.3, -0.25) is 9.19 Å². The summed E-state index contributed by atoms with van der Waals surface area (Å²) in [6, 6.07) is 98.2. The van der Waals surface area contributed by atoms with Crippen molar-refractivity contribution in [2.45, 2.75) is 224 Å². The molecule has 1 aromatic heterocycles. The van der Waals surface area contributed by atoms with Crippen LogP contribution in [0.2, 0.25) is 0 Å². The molecule has 0 saturated carbocycles. The molecular weight excluding hydrogens is 1480 g/mol. The van der Waals surface area contributed by atoms with E-state index in [1.165, 1.54) is 112 Å². The average molecular weight is 1610 g/mol. The van der Waals surface area contributed by atoms with Crippen LogP contribution in [0.25, 0.3) is 0 Å². The van der Waals surface area contributed by atoms with E-state index in [0.717, 1.165) is 45.9 Å². The standard InChI is InChI=1S/C19H22.C18H21N.C18H20O2S.C18H20OS.C18H20O.C18H20S/c1-19(2,3)18-16-10-6-4-8-14(16)12-13-15-9-5-7-11-17(15)18;1-18(2,3)16-15-9-5-4-7-13(15)10-11-14-8-6-12-19-17(14)16;1-18(2,3)17-14-9-5-4-8-13(14)12-21(19,20)16-11-7-6-10-15(16)17;1-18(2,3)17-14-9-5-4-8-13(14)12-20(19)16-11-7-6-10-15(16)17;2*1-18(2,3)17-14-9-5-4-8-13(14)12-19-16-11-7-6-10-15(16)17/h4-11,18H,12-13H2,1-3H3;4-9,12,16H,10-11H2,1-3H3;4-11,17H,12H2,1-3H3;4-11,17H,12H2,1-3H3;2*4-11,17H,12H2,1-3H3. The number of pyridine rings is 1. The van der Waals surface area contributed by atoms with Crippen molar-refractivity contribution < 1.29 is 17.4 Å². The van der Waals surface area contributed by atoms with Crippen LogP contribution in [0.3, 0.4) is 0 Å². The Bertz CT molecular complexity index is 4980. The van der Waals surface area contributed by atoms with Crippen LogP contribution in [-0.2, 0) is 70.2 Å². The van der Waals surface area contributed by atoms with Crippen LogP contribution in [0.5, 0.6) is 5.75 Å². The predicted octanol–water partition coefficient (Wildman–Crippen LogP) is 28.2. The maximum absolute atomic E-state index is 12.7. The molecule has 0 N–H and O–H groups in total. The Morgan fingerprint density at radius 1 is 0.316 bits per heavy atom. The van der Waals surface area contributed by atoms with Crippen LogP contribution in [0.4, 0.5) is 0 Å². The third kappa shape index (κ3) is 19.4. The number of aromatic nitrogens is 1. The molecule has 0 bridgehead atoms. The predicted molar refractivity (Wildman–Crippen MR) is 493 cm³/mol. The van der Waals surface area contributed by atoms with E-state index in [1.807, 2.05) is 72.6 Å². The van der Waals surface area contributed by atoms with E-state index in [9.17, 15) is 12.6 Å². The molecule has 4 aliphatic heterocycles. The van der Waals surface area contributed by atoms with Crippen molar-refractivity contribution in [3.05, 3.63) is 397 Å². The molecule has 2 aliphatic carbocycles. The Hall–Kier alpha value is -9.18. The van der Waals surface area contributed by atoms with Crippen molar-refractivity contribution in [2.24, 2.45) is 32.5 Å². The van der Waals surface area contributed by atoms with E-state index in [4.69, 9.17) is 9.72 Å². The molecule has 5 nitrogen and oxygen atoms in total. The average Bonchev–Trinajstić information content (AvgIpc) is 1.62. The second kappa shape index (κ2) is 35.4. The molecule has 11 aromatic carbocycles. The van der Waals surface area contributed by atoms with E-state index in [0.29, 0.717) is 46.8 Å². The molecular formula is C109H123NO4S3. The maximum Gasteiger partial charge on any atom is 0.182 e. The molecule has 0 saturated heterocycles. The lowest BCUT2D eigenvalue weighted by molar-refractivity contribution is 0.304. The number of para-hydroxylation sites is 1. The Morgan fingerprint density at radius 2 is 0.641 bits per heavy atom. The van der Waals surface area contributed by atoms with Gasteiger partial charge in [-0.25, -0.2) is 8.42 Å². The summed E-state index contributed by atoms with van der Waals surface area (Å²) in [5.41, 5.74) is 27.9. The maximum atomic E-state index is 12.7. The topological polar surface area (TPSA) is 73.3 Å². The summed E-state index contributed by atoms with van der Waals surface area (Å²) in [5, 5.41) is 0. The van der Waals surface area contributed by atoms with Gasteiger partial charge in [0, 0.05) is 62.8 Å². The summed E-state index contributed by atoms with van der Waals surface area (Å²) in [7, 11) is -4.23. The van der Waals surface area contributed by atoms with Gasteiger partial charge < -0.3 is 4.74 Å². The fourth-order valence-corrected chi connectivity index (χ4v) is 23.5. The summed E-state index contributed by atoms with van der Waals surface area (Å²) < 4.78 is 44.1. The van der Waals surface area contributed by atoms with Crippen LogP contribution < -0.4 is 4.74 Å². The minimum absolute atomic E-state index is 0.0495. The molecule has 0 spiro atoms. The molecule has 5 heterocycles. The van der Waals surface area contributed by atoms with Crippen LogP contribution in [-0.4, -0.2) is 17.6 Å². The number of aryl methyl sites for hydroxylation is 4. The molecule has 6 aliphatic rings. The highest BCUT2D eigenvalue weighted by Crippen LogP contribution is 2.53. The first-order chi connectivity index (χ1) is 55.6. The van der Waals surface area contributed by atoms with Crippen molar-refractivity contribution in [3.8, 4) is 5.75 Å². The van der Waals surface area contributed by atoms with E-state index in [2.05, 4.69) is 343 Å². The number of ether oxygens (including phenoxy) is 1. The monoisotopic (exact) mass is 1610 g/mol. The largest absolute Gasteiger partial charge is 0.489 e. The van der Waals surface area contributed by atoms with Gasteiger partial charge in [-0.2, -0.15) is 0 Å². The van der Waals surface area contributed by atoms with Gasteiger partial charge >= 0.3 is 0 Å². The Labute approximate surface area is 708 Å². The van der Waals surface area contributed by atoms with Gasteiger partial charge in [-0.05, 0) is 189 Å². The minimum atomic E-state index is -3.29. The van der Waals surface area contributed by atoms with Gasteiger partial charge in [0.2, 0.25) is 0 Å². The van der Waals surface area contributed by atoms with E-state index in [-0.39, 0.29) is 44.2 Å². The van der Waals surface area contributed by atoms with Crippen LogP contribution >= 0.6 is 11.8 Å². The number of nitrogens with zero attached hydrogens (tertiary/aromatic N) is 1. The second-order valence-corrected chi connectivity index (χ2v) is 43.6. The second-order valence-electron chi connectivity index (χ2n) is 39.2. The number of rotatable bonds is 0. The number of hydrogen-bond acceptors (Lipinski definition) is 6. The lowest BCUT2D eigenvalue weighted by Crippen LogP contribution is -2.21. The van der Waals surface area contributed by atoms with Crippen LogP contribution in [0.1, 0.15) is 272 Å². The van der Waals surface area contributed by atoms with Crippen molar-refractivity contribution >= 4 is 32.4 Å². The SMILES string of the molecule is CC(C)(C)C1c2ccccc2CCc2ccccc21.CC(C)(C)C1c2ccccc2CCc2cccnc21.CC(C)(C)C1c2ccccc2COc2ccccc21.CC(C)(C)C1c2ccccc2CS(=O)(=O)c2ccccc21.CC(C)(C)C1c2ccccc2CS(=O)c2ccccc21.CC(C)(C)C1c2ccccc2CSc2ccccc21. The molecule has 0 fully saturated rings. The molecule has 606 valence electrons. The summed E-state index contributed by atoms with van der Waals surface area (Å²) in [5.74, 6) is 4.95. The Morgan fingerprint density at radius 3 is 1.16 bits per heavy atom. The van der Waals surface area contributed by atoms with E-state index >= 15 is 0 Å². The quantitative estimate of drug-likeness (QED) is 0.151. The fourth-order valence-electron chi connectivity index (χ4n) is 19.3. The highest BCUT2D eigenvalue weighted by Gasteiger charge is 2.41. The fraction of sp³-hybridized carbons (Fsp3) is 0.349. The van der Waals surface area contributed by atoms with Gasteiger partial charge in [0.05, 0.1) is 32.9 Å². The van der Waals surface area contributed by atoms with Crippen molar-refractivity contribution in [3.63, 3.8) is 0 Å². The first kappa shape index (κ1) is 85.7. The molecule has 18 rings (SSSR count). The summed E-state index contributed by atoms with van der Waals surface area (Å²) in [4.78, 5) is 7.66. The highest BCUT2D eigenvalue weighted by molar-refractivity contribution is 7.98.